The van der Waals surface area contributed by atoms with Crippen LogP contribution in [-0.2, 0) is 4.79 Å². The summed E-state index contributed by atoms with van der Waals surface area (Å²) in [5.74, 6) is -1.12. The van der Waals surface area contributed by atoms with Crippen molar-refractivity contribution < 1.29 is 23.8 Å². The van der Waals surface area contributed by atoms with E-state index in [0.29, 0.717) is 28.6 Å². The first-order valence-electron chi connectivity index (χ1n) is 10.1. The second kappa shape index (κ2) is 8.49. The normalized spacial score (nSPS) is 16.1. The molecular formula is C24H17BrN2O5S. The molecule has 33 heavy (non-hydrogen) atoms. The van der Waals surface area contributed by atoms with Crippen LogP contribution in [0.15, 0.2) is 81.1 Å². The maximum Gasteiger partial charge on any atom is 0.296 e. The smallest absolute Gasteiger partial charge is 0.296 e. The Kier molecular flexibility index (Phi) is 5.51. The number of halogens is 1. The van der Waals surface area contributed by atoms with Gasteiger partial charge in [0.05, 0.1) is 34.7 Å². The molecule has 1 aliphatic heterocycles. The number of amides is 1. The zero-order chi connectivity index (χ0) is 23.1. The number of rotatable bonds is 6. The molecule has 1 atom stereocenters. The average Bonchev–Trinajstić information content (AvgIpc) is 3.53. The number of aliphatic hydroxyl groups excluding tert-OH is 1. The number of ether oxygens (including phenoxy) is 1. The number of thiazole rings is 1. The fourth-order valence-corrected chi connectivity index (χ4v) is 5.07. The van der Waals surface area contributed by atoms with Gasteiger partial charge in [-0.15, -0.1) is 0 Å². The third-order valence-corrected chi connectivity index (χ3v) is 6.80. The van der Waals surface area contributed by atoms with Crippen molar-refractivity contribution in [3.05, 3.63) is 88.0 Å². The number of aromatic nitrogens is 1. The van der Waals surface area contributed by atoms with E-state index >= 15 is 0 Å². The number of furan rings is 1. The van der Waals surface area contributed by atoms with Gasteiger partial charge in [-0.1, -0.05) is 39.4 Å². The van der Waals surface area contributed by atoms with Crippen molar-refractivity contribution in [2.45, 2.75) is 13.0 Å². The molecule has 166 valence electrons. The van der Waals surface area contributed by atoms with E-state index in [1.54, 1.807) is 18.2 Å². The van der Waals surface area contributed by atoms with E-state index in [1.165, 1.54) is 28.6 Å². The zero-order valence-electron chi connectivity index (χ0n) is 17.3. The molecule has 0 saturated heterocycles. The molecule has 0 aliphatic carbocycles. The van der Waals surface area contributed by atoms with Gasteiger partial charge in [-0.3, -0.25) is 14.5 Å². The Morgan fingerprint density at radius 1 is 1.24 bits per heavy atom. The molecule has 1 N–H and O–H groups in total. The average molecular weight is 525 g/mol. The van der Waals surface area contributed by atoms with Crippen LogP contribution in [-0.4, -0.2) is 28.4 Å². The maximum atomic E-state index is 13.3. The van der Waals surface area contributed by atoms with E-state index in [0.717, 1.165) is 9.17 Å². The number of hydrogen-bond donors (Lipinski definition) is 1. The molecule has 1 unspecified atom stereocenters. The highest BCUT2D eigenvalue weighted by Gasteiger charge is 2.46. The Labute approximate surface area is 201 Å². The molecule has 5 rings (SSSR count). The van der Waals surface area contributed by atoms with Crippen LogP contribution in [0.25, 0.3) is 10.2 Å². The van der Waals surface area contributed by atoms with Crippen LogP contribution in [0.4, 0.5) is 5.13 Å². The molecule has 1 aliphatic rings. The molecule has 4 aromatic rings. The fourth-order valence-electron chi connectivity index (χ4n) is 3.79. The van der Waals surface area contributed by atoms with Gasteiger partial charge in [-0.25, -0.2) is 4.98 Å². The Balaban J connectivity index is 1.64. The summed E-state index contributed by atoms with van der Waals surface area (Å²) in [5.41, 5.74) is 1.29. The number of carbonyl (C=O) groups is 2. The highest BCUT2D eigenvalue weighted by molar-refractivity contribution is 9.10. The monoisotopic (exact) mass is 524 g/mol. The summed E-state index contributed by atoms with van der Waals surface area (Å²) in [6.07, 6.45) is 1.37. The molecule has 2 aromatic carbocycles. The number of aliphatic hydroxyl groups is 1. The third kappa shape index (κ3) is 3.73. The number of Topliss-reactive ketones (excluding diaryl/α,β-unsaturated/α-hetero) is 1. The van der Waals surface area contributed by atoms with Crippen molar-refractivity contribution in [1.29, 1.82) is 0 Å². The first-order chi connectivity index (χ1) is 16.0. The van der Waals surface area contributed by atoms with E-state index in [2.05, 4.69) is 20.9 Å². The molecule has 3 heterocycles. The SMILES string of the molecule is CCOc1ccc2nc(N3C(=O)C(O)=C(C(=O)c4ccco4)C3c3ccc(Br)cc3)sc2c1. The Bertz CT molecular complexity index is 1390. The topological polar surface area (TPSA) is 92.9 Å². The van der Waals surface area contributed by atoms with Crippen LogP contribution in [0.3, 0.4) is 0 Å². The Morgan fingerprint density at radius 2 is 2.03 bits per heavy atom. The largest absolute Gasteiger partial charge is 0.503 e. The van der Waals surface area contributed by atoms with Crippen molar-refractivity contribution in [3.8, 4) is 5.75 Å². The van der Waals surface area contributed by atoms with E-state index in [1.807, 2.05) is 37.3 Å². The highest BCUT2D eigenvalue weighted by atomic mass is 79.9. The van der Waals surface area contributed by atoms with Gasteiger partial charge >= 0.3 is 0 Å². The molecule has 7 nitrogen and oxygen atoms in total. The van der Waals surface area contributed by atoms with E-state index < -0.39 is 23.5 Å². The second-order valence-electron chi connectivity index (χ2n) is 7.26. The van der Waals surface area contributed by atoms with Crippen LogP contribution < -0.4 is 9.64 Å². The number of ketones is 1. The van der Waals surface area contributed by atoms with Gasteiger partial charge in [0, 0.05) is 4.47 Å². The lowest BCUT2D eigenvalue weighted by Crippen LogP contribution is -2.30. The van der Waals surface area contributed by atoms with Crippen molar-refractivity contribution in [2.75, 3.05) is 11.5 Å². The molecule has 2 aromatic heterocycles. The quantitative estimate of drug-likeness (QED) is 0.319. The predicted molar refractivity (Wildman–Crippen MR) is 128 cm³/mol. The van der Waals surface area contributed by atoms with Gasteiger partial charge in [0.2, 0.25) is 5.78 Å². The number of carbonyl (C=O) groups excluding carboxylic acids is 2. The minimum Gasteiger partial charge on any atom is -0.503 e. The van der Waals surface area contributed by atoms with Crippen molar-refractivity contribution >= 4 is 54.3 Å². The van der Waals surface area contributed by atoms with Gasteiger partial charge in [0.15, 0.2) is 16.7 Å². The summed E-state index contributed by atoms with van der Waals surface area (Å²) in [6, 6.07) is 14.9. The van der Waals surface area contributed by atoms with E-state index in [4.69, 9.17) is 9.15 Å². The van der Waals surface area contributed by atoms with Gasteiger partial charge in [-0.05, 0) is 55.0 Å². The zero-order valence-corrected chi connectivity index (χ0v) is 19.7. The number of anilines is 1. The van der Waals surface area contributed by atoms with Gasteiger partial charge in [-0.2, -0.15) is 0 Å². The van der Waals surface area contributed by atoms with Crippen molar-refractivity contribution in [3.63, 3.8) is 0 Å². The summed E-state index contributed by atoms with van der Waals surface area (Å²) in [6.45, 7) is 2.43. The molecule has 9 heteroatoms. The van der Waals surface area contributed by atoms with Crippen molar-refractivity contribution in [1.82, 2.24) is 4.98 Å². The summed E-state index contributed by atoms with van der Waals surface area (Å²) < 4.78 is 12.5. The molecular weight excluding hydrogens is 508 g/mol. The third-order valence-electron chi connectivity index (χ3n) is 5.25. The summed E-state index contributed by atoms with van der Waals surface area (Å²) in [4.78, 5) is 32.5. The molecule has 0 saturated carbocycles. The molecule has 0 radical (unpaired) electrons. The number of nitrogens with zero attached hydrogens (tertiary/aromatic N) is 2. The lowest BCUT2D eigenvalue weighted by Gasteiger charge is -2.24. The number of hydrogen-bond acceptors (Lipinski definition) is 7. The van der Waals surface area contributed by atoms with Crippen LogP contribution in [0.2, 0.25) is 0 Å². The Hall–Kier alpha value is -3.43. The summed E-state index contributed by atoms with van der Waals surface area (Å²) >= 11 is 4.70. The van der Waals surface area contributed by atoms with Crippen LogP contribution >= 0.6 is 27.3 Å². The number of benzene rings is 2. The fraction of sp³-hybridized carbons (Fsp3) is 0.125. The molecule has 0 bridgehead atoms. The lowest BCUT2D eigenvalue weighted by atomic mass is 9.95. The minimum atomic E-state index is -0.866. The van der Waals surface area contributed by atoms with Crippen LogP contribution in [0.1, 0.15) is 29.1 Å². The first kappa shape index (κ1) is 21.4. The molecule has 1 amide bonds. The van der Waals surface area contributed by atoms with E-state index in [9.17, 15) is 14.7 Å². The predicted octanol–water partition coefficient (Wildman–Crippen LogP) is 5.83. The minimum absolute atomic E-state index is 0.0407. The molecule has 0 spiro atoms. The van der Waals surface area contributed by atoms with Crippen LogP contribution in [0, 0.1) is 0 Å². The second-order valence-corrected chi connectivity index (χ2v) is 9.18. The Morgan fingerprint density at radius 3 is 2.73 bits per heavy atom. The standard InChI is InChI=1S/C24H17BrN2O5S/c1-2-31-15-9-10-16-18(12-15)33-24(26-16)27-20(13-5-7-14(25)8-6-13)19(22(29)23(27)30)21(28)17-4-3-11-32-17/h3-12,20,29H,2H2,1H3. The highest BCUT2D eigenvalue weighted by Crippen LogP contribution is 2.44. The van der Waals surface area contributed by atoms with Gasteiger partial charge < -0.3 is 14.3 Å². The summed E-state index contributed by atoms with van der Waals surface area (Å²) in [7, 11) is 0. The first-order valence-corrected chi connectivity index (χ1v) is 11.7. The summed E-state index contributed by atoms with van der Waals surface area (Å²) in [5, 5.41) is 11.2. The van der Waals surface area contributed by atoms with Gasteiger partial charge in [0.1, 0.15) is 5.75 Å². The van der Waals surface area contributed by atoms with Gasteiger partial charge in [0.25, 0.3) is 5.91 Å². The van der Waals surface area contributed by atoms with E-state index in [-0.39, 0.29) is 11.3 Å². The van der Waals surface area contributed by atoms with Crippen LogP contribution in [0.5, 0.6) is 5.75 Å². The number of fused-ring (bicyclic) bond motifs is 1. The maximum absolute atomic E-state index is 13.3. The lowest BCUT2D eigenvalue weighted by molar-refractivity contribution is -0.117. The molecule has 0 fully saturated rings. The van der Waals surface area contributed by atoms with Crippen molar-refractivity contribution in [2.24, 2.45) is 0 Å².